The molecule has 1 aromatic carbocycles. The van der Waals surface area contributed by atoms with E-state index in [0.29, 0.717) is 11.5 Å². The topological polar surface area (TPSA) is 98.3 Å². The first-order valence-corrected chi connectivity index (χ1v) is 6.68. The number of hydrogen-bond acceptors (Lipinski definition) is 4. The smallest absolute Gasteiger partial charge is 0.337 e. The van der Waals surface area contributed by atoms with Crippen LogP contribution in [0.25, 0.3) is 17.1 Å². The quantitative estimate of drug-likeness (QED) is 0.589. The van der Waals surface area contributed by atoms with Crippen LogP contribution in [0.15, 0.2) is 60.9 Å². The van der Waals surface area contributed by atoms with E-state index in [0.717, 1.165) is 11.8 Å². The molecular formula is C16H11N3O4. The molecule has 3 rings (SSSR count). The lowest BCUT2D eigenvalue weighted by molar-refractivity contribution is -0.385. The van der Waals surface area contributed by atoms with Crippen molar-refractivity contribution in [3.05, 3.63) is 76.6 Å². The number of nitrogens with zero attached hydrogens (tertiary/aromatic N) is 3. The van der Waals surface area contributed by atoms with Crippen LogP contribution in [-0.4, -0.2) is 25.6 Å². The van der Waals surface area contributed by atoms with Crippen molar-refractivity contribution in [1.82, 2.24) is 9.55 Å². The van der Waals surface area contributed by atoms with E-state index in [1.807, 2.05) is 30.3 Å². The molecule has 0 unspecified atom stereocenters. The molecule has 0 aliphatic rings. The monoisotopic (exact) mass is 309 g/mol. The summed E-state index contributed by atoms with van der Waals surface area (Å²) in [7, 11) is 0. The lowest BCUT2D eigenvalue weighted by Gasteiger charge is -2.08. The van der Waals surface area contributed by atoms with Crippen molar-refractivity contribution < 1.29 is 14.8 Å². The van der Waals surface area contributed by atoms with Crippen LogP contribution >= 0.6 is 0 Å². The summed E-state index contributed by atoms with van der Waals surface area (Å²) in [4.78, 5) is 25.5. The van der Waals surface area contributed by atoms with Crippen molar-refractivity contribution in [1.29, 1.82) is 0 Å². The molecule has 3 aromatic rings. The molecule has 0 saturated heterocycles. The van der Waals surface area contributed by atoms with Crippen LogP contribution in [-0.2, 0) is 0 Å². The van der Waals surface area contributed by atoms with E-state index < -0.39 is 10.9 Å². The fourth-order valence-electron chi connectivity index (χ4n) is 2.23. The van der Waals surface area contributed by atoms with Crippen LogP contribution in [0.1, 0.15) is 10.4 Å². The third kappa shape index (κ3) is 2.80. The standard InChI is InChI=1S/C16H11N3O4/c20-16(21)12-8-14(11-4-2-1-3-5-11)18(10-12)15-7-6-13(9-17-15)19(22)23/h1-10H,(H,20,21). The number of carbonyl (C=O) groups is 1. The minimum absolute atomic E-state index is 0.115. The van der Waals surface area contributed by atoms with Gasteiger partial charge in [0.1, 0.15) is 12.0 Å². The van der Waals surface area contributed by atoms with Gasteiger partial charge in [-0.3, -0.25) is 10.1 Å². The molecule has 0 spiro atoms. The normalized spacial score (nSPS) is 10.4. The molecule has 0 radical (unpaired) electrons. The van der Waals surface area contributed by atoms with Crippen LogP contribution in [0.5, 0.6) is 0 Å². The van der Waals surface area contributed by atoms with Gasteiger partial charge in [-0.15, -0.1) is 0 Å². The Bertz CT molecular complexity index is 870. The fraction of sp³-hybridized carbons (Fsp3) is 0. The highest BCUT2D eigenvalue weighted by atomic mass is 16.6. The van der Waals surface area contributed by atoms with Gasteiger partial charge in [0, 0.05) is 12.3 Å². The summed E-state index contributed by atoms with van der Waals surface area (Å²) >= 11 is 0. The molecule has 1 N–H and O–H groups in total. The molecule has 0 saturated carbocycles. The van der Waals surface area contributed by atoms with Crippen molar-refractivity contribution in [3.8, 4) is 17.1 Å². The van der Waals surface area contributed by atoms with E-state index in [4.69, 9.17) is 0 Å². The lowest BCUT2D eigenvalue weighted by Crippen LogP contribution is -1.99. The van der Waals surface area contributed by atoms with Gasteiger partial charge in [0.15, 0.2) is 0 Å². The average Bonchev–Trinajstić information content (AvgIpc) is 3.01. The highest BCUT2D eigenvalue weighted by Crippen LogP contribution is 2.26. The highest BCUT2D eigenvalue weighted by molar-refractivity contribution is 5.89. The van der Waals surface area contributed by atoms with Crippen LogP contribution in [0.3, 0.4) is 0 Å². The zero-order chi connectivity index (χ0) is 16.4. The molecule has 0 bridgehead atoms. The third-order valence-electron chi connectivity index (χ3n) is 3.33. The summed E-state index contributed by atoms with van der Waals surface area (Å²) in [6.07, 6.45) is 2.59. The molecule has 7 nitrogen and oxygen atoms in total. The molecule has 0 amide bonds. The van der Waals surface area contributed by atoms with Crippen LogP contribution in [0.4, 0.5) is 5.69 Å². The first-order chi connectivity index (χ1) is 11.1. The number of nitro groups is 1. The molecule has 7 heteroatoms. The Morgan fingerprint density at radius 1 is 1.17 bits per heavy atom. The number of aromatic nitrogens is 2. The number of rotatable bonds is 4. The molecule has 2 aromatic heterocycles. The Labute approximate surface area is 130 Å². The van der Waals surface area contributed by atoms with Gasteiger partial charge in [0.2, 0.25) is 0 Å². The van der Waals surface area contributed by atoms with Gasteiger partial charge >= 0.3 is 5.97 Å². The van der Waals surface area contributed by atoms with Crippen LogP contribution < -0.4 is 0 Å². The van der Waals surface area contributed by atoms with E-state index in [1.54, 1.807) is 10.6 Å². The summed E-state index contributed by atoms with van der Waals surface area (Å²) < 4.78 is 1.60. The molecule has 2 heterocycles. The summed E-state index contributed by atoms with van der Waals surface area (Å²) in [5.74, 6) is -0.648. The van der Waals surface area contributed by atoms with Gasteiger partial charge in [0.05, 0.1) is 16.2 Å². The van der Waals surface area contributed by atoms with E-state index in [-0.39, 0.29) is 11.3 Å². The second-order valence-electron chi connectivity index (χ2n) is 4.79. The van der Waals surface area contributed by atoms with Crippen molar-refractivity contribution in [2.45, 2.75) is 0 Å². The molecular weight excluding hydrogens is 298 g/mol. The minimum Gasteiger partial charge on any atom is -0.478 e. The molecule has 23 heavy (non-hydrogen) atoms. The van der Waals surface area contributed by atoms with Gasteiger partial charge in [-0.1, -0.05) is 30.3 Å². The molecule has 0 atom stereocenters. The molecule has 0 aliphatic heterocycles. The summed E-state index contributed by atoms with van der Waals surface area (Å²) in [6, 6.07) is 13.6. The van der Waals surface area contributed by atoms with E-state index in [1.165, 1.54) is 18.3 Å². The predicted molar refractivity (Wildman–Crippen MR) is 82.6 cm³/mol. The SMILES string of the molecule is O=C(O)c1cc(-c2ccccc2)n(-c2ccc([N+](=O)[O-])cn2)c1. The van der Waals surface area contributed by atoms with Gasteiger partial charge in [-0.05, 0) is 17.7 Å². The van der Waals surface area contributed by atoms with Crippen molar-refractivity contribution in [2.75, 3.05) is 0 Å². The van der Waals surface area contributed by atoms with Gasteiger partial charge < -0.3 is 9.67 Å². The van der Waals surface area contributed by atoms with Crippen LogP contribution in [0, 0.1) is 10.1 Å². The maximum atomic E-state index is 11.2. The van der Waals surface area contributed by atoms with E-state index in [2.05, 4.69) is 4.98 Å². The minimum atomic E-state index is -1.05. The number of aromatic carboxylic acids is 1. The Morgan fingerprint density at radius 3 is 2.48 bits per heavy atom. The molecule has 0 aliphatic carbocycles. The second kappa shape index (κ2) is 5.72. The Balaban J connectivity index is 2.14. The second-order valence-corrected chi connectivity index (χ2v) is 4.79. The number of carboxylic acid groups (broad SMARTS) is 1. The summed E-state index contributed by atoms with van der Waals surface area (Å²) in [5, 5.41) is 19.9. The van der Waals surface area contributed by atoms with Crippen molar-refractivity contribution in [2.24, 2.45) is 0 Å². The number of pyridine rings is 1. The summed E-state index contributed by atoms with van der Waals surface area (Å²) in [6.45, 7) is 0. The Morgan fingerprint density at radius 2 is 1.91 bits per heavy atom. The first kappa shape index (κ1) is 14.5. The van der Waals surface area contributed by atoms with Gasteiger partial charge in [-0.25, -0.2) is 9.78 Å². The predicted octanol–water partition coefficient (Wildman–Crippen LogP) is 3.15. The third-order valence-corrected chi connectivity index (χ3v) is 3.33. The summed E-state index contributed by atoms with van der Waals surface area (Å²) in [5.41, 5.74) is 1.45. The van der Waals surface area contributed by atoms with Crippen LogP contribution in [0.2, 0.25) is 0 Å². The van der Waals surface area contributed by atoms with Gasteiger partial charge in [-0.2, -0.15) is 0 Å². The maximum Gasteiger partial charge on any atom is 0.337 e. The Kier molecular flexibility index (Phi) is 3.60. The average molecular weight is 309 g/mol. The number of hydrogen-bond donors (Lipinski definition) is 1. The van der Waals surface area contributed by atoms with E-state index in [9.17, 15) is 20.0 Å². The van der Waals surface area contributed by atoms with Crippen molar-refractivity contribution >= 4 is 11.7 Å². The number of carboxylic acids is 1. The van der Waals surface area contributed by atoms with Crippen molar-refractivity contribution in [3.63, 3.8) is 0 Å². The first-order valence-electron chi connectivity index (χ1n) is 6.68. The Hall–Kier alpha value is -3.48. The lowest BCUT2D eigenvalue weighted by atomic mass is 10.1. The fourth-order valence-corrected chi connectivity index (χ4v) is 2.23. The molecule has 0 fully saturated rings. The zero-order valence-electron chi connectivity index (χ0n) is 11.8. The zero-order valence-corrected chi connectivity index (χ0v) is 11.8. The number of benzene rings is 1. The highest BCUT2D eigenvalue weighted by Gasteiger charge is 2.15. The maximum absolute atomic E-state index is 11.2. The van der Waals surface area contributed by atoms with E-state index >= 15 is 0 Å². The largest absolute Gasteiger partial charge is 0.478 e. The van der Waals surface area contributed by atoms with Gasteiger partial charge in [0.25, 0.3) is 5.69 Å². The molecule has 114 valence electrons.